The molecule has 126 valence electrons. The maximum atomic E-state index is 12.6. The summed E-state index contributed by atoms with van der Waals surface area (Å²) in [6.45, 7) is 1.78. The lowest BCUT2D eigenvalue weighted by Gasteiger charge is -2.14. The molecule has 0 N–H and O–H groups in total. The fourth-order valence-corrected chi connectivity index (χ4v) is 2.27. The van der Waals surface area contributed by atoms with Gasteiger partial charge in [-0.15, -0.1) is 0 Å². The SMILES string of the molecule is Cc1ccccc1[C@H](C#CC#Cc1ccccc1)CC(=O)C(F)(F)F. The van der Waals surface area contributed by atoms with Gasteiger partial charge in [0.25, 0.3) is 0 Å². The summed E-state index contributed by atoms with van der Waals surface area (Å²) in [5.74, 6) is 8.11. The Kier molecular flexibility index (Phi) is 6.03. The van der Waals surface area contributed by atoms with Gasteiger partial charge in [-0.25, -0.2) is 0 Å². The van der Waals surface area contributed by atoms with E-state index in [9.17, 15) is 18.0 Å². The summed E-state index contributed by atoms with van der Waals surface area (Å²) >= 11 is 0. The fourth-order valence-electron chi connectivity index (χ4n) is 2.27. The van der Waals surface area contributed by atoms with Crippen LogP contribution in [0.1, 0.15) is 29.0 Å². The second kappa shape index (κ2) is 8.22. The standard InChI is InChI=1S/C21H15F3O/c1-16-9-5-8-14-19(16)18(15-20(25)21(22,23)24)13-7-6-12-17-10-3-2-4-11-17/h2-5,8-11,14,18H,15H2,1H3/t18-/m1/s1. The highest BCUT2D eigenvalue weighted by Crippen LogP contribution is 2.27. The molecule has 25 heavy (non-hydrogen) atoms. The molecule has 0 bridgehead atoms. The van der Waals surface area contributed by atoms with Crippen molar-refractivity contribution in [3.8, 4) is 23.7 Å². The molecule has 0 unspecified atom stereocenters. The van der Waals surface area contributed by atoms with Crippen LogP contribution in [0.15, 0.2) is 54.6 Å². The van der Waals surface area contributed by atoms with Gasteiger partial charge < -0.3 is 0 Å². The van der Waals surface area contributed by atoms with Crippen molar-refractivity contribution in [1.29, 1.82) is 0 Å². The lowest BCUT2D eigenvalue weighted by atomic mass is 9.91. The molecule has 2 rings (SSSR count). The Labute approximate surface area is 144 Å². The highest BCUT2D eigenvalue weighted by atomic mass is 19.4. The molecular formula is C21H15F3O. The predicted molar refractivity (Wildman–Crippen MR) is 90.7 cm³/mol. The minimum absolute atomic E-state index is 0.606. The topological polar surface area (TPSA) is 17.1 Å². The molecule has 4 heteroatoms. The van der Waals surface area contributed by atoms with Crippen molar-refractivity contribution in [3.05, 3.63) is 71.3 Å². The number of carbonyl (C=O) groups is 1. The second-order valence-corrected chi connectivity index (χ2v) is 5.42. The average Bonchev–Trinajstić information content (AvgIpc) is 2.58. The van der Waals surface area contributed by atoms with Crippen LogP contribution in [-0.4, -0.2) is 12.0 Å². The summed E-state index contributed by atoms with van der Waals surface area (Å²) in [6, 6.07) is 16.1. The third-order valence-electron chi connectivity index (χ3n) is 3.56. The van der Waals surface area contributed by atoms with Crippen LogP contribution in [0.5, 0.6) is 0 Å². The molecule has 0 radical (unpaired) electrons. The van der Waals surface area contributed by atoms with Crippen molar-refractivity contribution in [2.75, 3.05) is 0 Å². The van der Waals surface area contributed by atoms with Gasteiger partial charge in [-0.1, -0.05) is 54.3 Å². The summed E-state index contributed by atoms with van der Waals surface area (Å²) in [5, 5.41) is 0. The Hall–Kier alpha value is -2.98. The minimum Gasteiger partial charge on any atom is -0.290 e. The van der Waals surface area contributed by atoms with E-state index in [0.717, 1.165) is 11.1 Å². The molecule has 2 aromatic rings. The van der Waals surface area contributed by atoms with E-state index < -0.39 is 24.3 Å². The van der Waals surface area contributed by atoms with Gasteiger partial charge in [-0.2, -0.15) is 13.2 Å². The Balaban J connectivity index is 2.27. The van der Waals surface area contributed by atoms with E-state index in [-0.39, 0.29) is 0 Å². The number of benzene rings is 2. The normalized spacial score (nSPS) is 11.5. The highest BCUT2D eigenvalue weighted by Gasteiger charge is 2.39. The first-order valence-electron chi connectivity index (χ1n) is 7.60. The van der Waals surface area contributed by atoms with Gasteiger partial charge in [0.1, 0.15) is 0 Å². The quantitative estimate of drug-likeness (QED) is 0.743. The Morgan fingerprint density at radius 3 is 2.28 bits per heavy atom. The molecule has 0 aromatic heterocycles. The first-order valence-corrected chi connectivity index (χ1v) is 7.60. The smallest absolute Gasteiger partial charge is 0.290 e. The fraction of sp³-hybridized carbons (Fsp3) is 0.190. The molecule has 0 saturated carbocycles. The predicted octanol–water partition coefficient (Wildman–Crippen LogP) is 4.66. The lowest BCUT2D eigenvalue weighted by Crippen LogP contribution is -2.24. The minimum atomic E-state index is -4.86. The van der Waals surface area contributed by atoms with Crippen molar-refractivity contribution in [2.45, 2.75) is 25.4 Å². The third-order valence-corrected chi connectivity index (χ3v) is 3.56. The number of hydrogen-bond acceptors (Lipinski definition) is 1. The van der Waals surface area contributed by atoms with Crippen LogP contribution < -0.4 is 0 Å². The summed E-state index contributed by atoms with van der Waals surface area (Å²) < 4.78 is 37.8. The van der Waals surface area contributed by atoms with Crippen LogP contribution in [0.4, 0.5) is 13.2 Å². The van der Waals surface area contributed by atoms with Crippen LogP contribution >= 0.6 is 0 Å². The van der Waals surface area contributed by atoms with E-state index in [1.54, 1.807) is 43.3 Å². The molecule has 0 aliphatic rings. The van der Waals surface area contributed by atoms with Gasteiger partial charge in [0.05, 0.1) is 5.92 Å². The molecule has 1 nitrogen and oxygen atoms in total. The number of hydrogen-bond donors (Lipinski definition) is 0. The van der Waals surface area contributed by atoms with Crippen LogP contribution in [0.3, 0.4) is 0 Å². The zero-order valence-electron chi connectivity index (χ0n) is 13.5. The van der Waals surface area contributed by atoms with Crippen LogP contribution in [0, 0.1) is 30.6 Å². The first-order chi connectivity index (χ1) is 11.9. The molecule has 0 aliphatic carbocycles. The van der Waals surface area contributed by atoms with E-state index in [1.807, 2.05) is 18.2 Å². The van der Waals surface area contributed by atoms with Gasteiger partial charge in [0.15, 0.2) is 0 Å². The summed E-state index contributed by atoms with van der Waals surface area (Å²) in [4.78, 5) is 11.4. The Morgan fingerprint density at radius 1 is 1.00 bits per heavy atom. The zero-order valence-corrected chi connectivity index (χ0v) is 13.5. The van der Waals surface area contributed by atoms with Crippen LogP contribution in [-0.2, 0) is 4.79 Å². The maximum absolute atomic E-state index is 12.6. The Morgan fingerprint density at radius 2 is 1.64 bits per heavy atom. The first kappa shape index (κ1) is 18.4. The number of halogens is 3. The number of ketones is 1. The van der Waals surface area contributed by atoms with E-state index in [1.165, 1.54) is 0 Å². The summed E-state index contributed by atoms with van der Waals surface area (Å²) in [5.41, 5.74) is 2.15. The zero-order chi connectivity index (χ0) is 18.3. The van der Waals surface area contributed by atoms with E-state index in [0.29, 0.717) is 5.56 Å². The molecule has 0 aliphatic heterocycles. The molecule has 0 heterocycles. The molecule has 2 aromatic carbocycles. The van der Waals surface area contributed by atoms with E-state index in [4.69, 9.17) is 0 Å². The molecule has 0 fully saturated rings. The van der Waals surface area contributed by atoms with Gasteiger partial charge >= 0.3 is 6.18 Å². The summed E-state index contributed by atoms with van der Waals surface area (Å²) in [7, 11) is 0. The maximum Gasteiger partial charge on any atom is 0.450 e. The molecule has 0 spiro atoms. The van der Waals surface area contributed by atoms with Crippen molar-refractivity contribution < 1.29 is 18.0 Å². The number of Topliss-reactive ketones (excluding diaryl/α,β-unsaturated/α-hetero) is 1. The van der Waals surface area contributed by atoms with Crippen molar-refractivity contribution >= 4 is 5.78 Å². The van der Waals surface area contributed by atoms with Gasteiger partial charge in [-0.05, 0) is 42.0 Å². The average molecular weight is 340 g/mol. The number of aryl methyl sites for hydroxylation is 1. The number of alkyl halides is 3. The molecule has 0 saturated heterocycles. The number of carbonyl (C=O) groups excluding carboxylic acids is 1. The third kappa shape index (κ3) is 5.55. The van der Waals surface area contributed by atoms with E-state index in [2.05, 4.69) is 23.7 Å². The summed E-state index contributed by atoms with van der Waals surface area (Å²) in [6.07, 6.45) is -5.58. The van der Waals surface area contributed by atoms with Crippen molar-refractivity contribution in [3.63, 3.8) is 0 Å². The number of rotatable bonds is 3. The second-order valence-electron chi connectivity index (χ2n) is 5.42. The largest absolute Gasteiger partial charge is 0.450 e. The molecule has 0 amide bonds. The highest BCUT2D eigenvalue weighted by molar-refractivity contribution is 5.85. The molecular weight excluding hydrogens is 325 g/mol. The van der Waals surface area contributed by atoms with E-state index >= 15 is 0 Å². The van der Waals surface area contributed by atoms with Crippen molar-refractivity contribution in [2.24, 2.45) is 0 Å². The van der Waals surface area contributed by atoms with Crippen molar-refractivity contribution in [1.82, 2.24) is 0 Å². The monoisotopic (exact) mass is 340 g/mol. The van der Waals surface area contributed by atoms with Crippen LogP contribution in [0.25, 0.3) is 0 Å². The lowest BCUT2D eigenvalue weighted by molar-refractivity contribution is -0.171. The Bertz CT molecular complexity index is 859. The van der Waals surface area contributed by atoms with Gasteiger partial charge in [0, 0.05) is 12.0 Å². The van der Waals surface area contributed by atoms with Gasteiger partial charge in [0.2, 0.25) is 5.78 Å². The molecule has 1 atom stereocenters. The van der Waals surface area contributed by atoms with Crippen LogP contribution in [0.2, 0.25) is 0 Å². The van der Waals surface area contributed by atoms with Gasteiger partial charge in [-0.3, -0.25) is 4.79 Å².